The highest BCUT2D eigenvalue weighted by atomic mass is 16.5. The number of amides is 4. The van der Waals surface area contributed by atoms with Crippen LogP contribution in [0.15, 0.2) is 24.3 Å². The van der Waals surface area contributed by atoms with E-state index in [2.05, 4.69) is 4.90 Å². The molecule has 1 saturated heterocycles. The van der Waals surface area contributed by atoms with Crippen molar-refractivity contribution >= 4 is 23.6 Å². The summed E-state index contributed by atoms with van der Waals surface area (Å²) in [4.78, 5) is 55.1. The SMILES string of the molecule is CC(C(=O)N1CCN(C)CC1)C(CN1C(=O)c2ccccc2C1=O)C(=O)NO. The molecular weight excluding hydrogens is 364 g/mol. The van der Waals surface area contributed by atoms with E-state index >= 15 is 0 Å². The summed E-state index contributed by atoms with van der Waals surface area (Å²) in [6, 6.07) is 6.42. The number of nitrogens with one attached hydrogen (secondary N) is 1. The molecule has 150 valence electrons. The molecule has 9 heteroatoms. The Morgan fingerprint density at radius 2 is 1.61 bits per heavy atom. The first-order valence-corrected chi connectivity index (χ1v) is 9.21. The Morgan fingerprint density at radius 3 is 2.11 bits per heavy atom. The first kappa shape index (κ1) is 20.0. The molecule has 4 amide bonds. The fourth-order valence-electron chi connectivity index (χ4n) is 3.64. The van der Waals surface area contributed by atoms with Crippen molar-refractivity contribution in [3.63, 3.8) is 0 Å². The van der Waals surface area contributed by atoms with Crippen LogP contribution in [0.25, 0.3) is 0 Å². The fourth-order valence-corrected chi connectivity index (χ4v) is 3.64. The van der Waals surface area contributed by atoms with Crippen LogP contribution in [-0.2, 0) is 9.59 Å². The van der Waals surface area contributed by atoms with Gasteiger partial charge in [0.15, 0.2) is 0 Å². The van der Waals surface area contributed by atoms with E-state index in [1.165, 1.54) is 0 Å². The van der Waals surface area contributed by atoms with E-state index in [-0.39, 0.29) is 23.6 Å². The van der Waals surface area contributed by atoms with Crippen LogP contribution >= 0.6 is 0 Å². The molecule has 3 rings (SSSR count). The Bertz CT molecular complexity index is 768. The molecule has 2 aliphatic heterocycles. The predicted molar refractivity (Wildman–Crippen MR) is 98.5 cm³/mol. The van der Waals surface area contributed by atoms with Crippen molar-refractivity contribution in [2.75, 3.05) is 39.8 Å². The molecule has 1 aromatic rings. The molecule has 2 aliphatic rings. The second kappa shape index (κ2) is 8.07. The first-order chi connectivity index (χ1) is 13.3. The van der Waals surface area contributed by atoms with Gasteiger partial charge in [-0.25, -0.2) is 5.48 Å². The van der Waals surface area contributed by atoms with Crippen LogP contribution in [-0.4, -0.2) is 83.3 Å². The lowest BCUT2D eigenvalue weighted by atomic mass is 9.91. The van der Waals surface area contributed by atoms with Crippen molar-refractivity contribution in [2.45, 2.75) is 6.92 Å². The second-order valence-electron chi connectivity index (χ2n) is 7.27. The second-order valence-corrected chi connectivity index (χ2v) is 7.27. The number of carbonyl (C=O) groups is 4. The van der Waals surface area contributed by atoms with Gasteiger partial charge in [0.1, 0.15) is 0 Å². The summed E-state index contributed by atoms with van der Waals surface area (Å²) >= 11 is 0. The Morgan fingerprint density at radius 1 is 1.07 bits per heavy atom. The molecule has 9 nitrogen and oxygen atoms in total. The van der Waals surface area contributed by atoms with Gasteiger partial charge >= 0.3 is 0 Å². The topological polar surface area (TPSA) is 110 Å². The summed E-state index contributed by atoms with van der Waals surface area (Å²) in [5, 5.41) is 9.14. The highest BCUT2D eigenvalue weighted by molar-refractivity contribution is 6.21. The number of carbonyl (C=O) groups excluding carboxylic acids is 4. The first-order valence-electron chi connectivity index (χ1n) is 9.21. The highest BCUT2D eigenvalue weighted by Crippen LogP contribution is 2.26. The van der Waals surface area contributed by atoms with Crippen molar-refractivity contribution < 1.29 is 24.4 Å². The van der Waals surface area contributed by atoms with E-state index < -0.39 is 29.6 Å². The van der Waals surface area contributed by atoms with Gasteiger partial charge < -0.3 is 9.80 Å². The third-order valence-corrected chi connectivity index (χ3v) is 5.51. The predicted octanol–water partition coefficient (Wildman–Crippen LogP) is -0.186. The minimum Gasteiger partial charge on any atom is -0.340 e. The standard InChI is InChI=1S/C19H24N4O5/c1-12(17(25)22-9-7-21(2)8-10-22)15(16(24)20-28)11-23-18(26)13-5-3-4-6-14(13)19(23)27/h3-6,12,15,28H,7-11H2,1-2H3,(H,20,24). The average molecular weight is 388 g/mol. The monoisotopic (exact) mass is 388 g/mol. The van der Waals surface area contributed by atoms with Gasteiger partial charge in [0, 0.05) is 38.6 Å². The number of piperazine rings is 1. The molecule has 0 saturated carbocycles. The summed E-state index contributed by atoms with van der Waals surface area (Å²) in [5.41, 5.74) is 2.11. The lowest BCUT2D eigenvalue weighted by Crippen LogP contribution is -2.52. The van der Waals surface area contributed by atoms with Gasteiger partial charge in [0.25, 0.3) is 11.8 Å². The number of rotatable bonds is 5. The molecular formula is C19H24N4O5. The minimum atomic E-state index is -1.06. The zero-order valence-electron chi connectivity index (χ0n) is 15.9. The number of benzene rings is 1. The molecule has 2 unspecified atom stereocenters. The molecule has 0 aliphatic carbocycles. The zero-order valence-corrected chi connectivity index (χ0v) is 15.9. The van der Waals surface area contributed by atoms with Crippen LogP contribution in [0.2, 0.25) is 0 Å². The Hall–Kier alpha value is -2.78. The van der Waals surface area contributed by atoms with Crippen LogP contribution in [0.3, 0.4) is 0 Å². The summed E-state index contributed by atoms with van der Waals surface area (Å²) in [5.74, 6) is -3.91. The fraction of sp³-hybridized carbons (Fsp3) is 0.474. The van der Waals surface area contributed by atoms with E-state index in [0.29, 0.717) is 13.1 Å². The summed E-state index contributed by atoms with van der Waals surface area (Å²) in [7, 11) is 1.97. The Kier molecular flexibility index (Phi) is 5.76. The maximum atomic E-state index is 12.9. The molecule has 2 N–H and O–H groups in total. The van der Waals surface area contributed by atoms with E-state index in [1.54, 1.807) is 41.6 Å². The third-order valence-electron chi connectivity index (χ3n) is 5.51. The van der Waals surface area contributed by atoms with Gasteiger partial charge in [-0.1, -0.05) is 19.1 Å². The quantitative estimate of drug-likeness (QED) is 0.411. The Labute approximate surface area is 162 Å². The molecule has 0 aromatic heterocycles. The van der Waals surface area contributed by atoms with Crippen LogP contribution in [0.4, 0.5) is 0 Å². The maximum Gasteiger partial charge on any atom is 0.261 e. The minimum absolute atomic E-state index is 0.238. The van der Waals surface area contributed by atoms with Gasteiger partial charge in [-0.15, -0.1) is 0 Å². The van der Waals surface area contributed by atoms with E-state index in [0.717, 1.165) is 18.0 Å². The lowest BCUT2D eigenvalue weighted by Gasteiger charge is -2.35. The number of fused-ring (bicyclic) bond motifs is 1. The summed E-state index contributed by atoms with van der Waals surface area (Å²) in [6.45, 7) is 3.85. The zero-order chi connectivity index (χ0) is 20.4. The van der Waals surface area contributed by atoms with E-state index in [9.17, 15) is 19.2 Å². The van der Waals surface area contributed by atoms with E-state index in [4.69, 9.17) is 5.21 Å². The summed E-state index contributed by atoms with van der Waals surface area (Å²) in [6.07, 6.45) is 0. The van der Waals surface area contributed by atoms with Crippen LogP contribution in [0, 0.1) is 11.8 Å². The normalized spacial score (nSPS) is 19.4. The van der Waals surface area contributed by atoms with Crippen molar-refractivity contribution in [3.05, 3.63) is 35.4 Å². The number of imide groups is 1. The molecule has 0 bridgehead atoms. The van der Waals surface area contributed by atoms with Gasteiger partial charge in [-0.05, 0) is 19.2 Å². The van der Waals surface area contributed by atoms with Gasteiger partial charge in [-0.2, -0.15) is 0 Å². The highest BCUT2D eigenvalue weighted by Gasteiger charge is 2.41. The van der Waals surface area contributed by atoms with Crippen LogP contribution in [0.5, 0.6) is 0 Å². The van der Waals surface area contributed by atoms with Crippen LogP contribution in [0.1, 0.15) is 27.6 Å². The number of likely N-dealkylation sites (N-methyl/N-ethyl adjacent to an activating group) is 1. The molecule has 1 fully saturated rings. The largest absolute Gasteiger partial charge is 0.340 e. The molecule has 2 atom stereocenters. The molecule has 2 heterocycles. The lowest BCUT2D eigenvalue weighted by molar-refractivity contribution is -0.145. The van der Waals surface area contributed by atoms with Gasteiger partial charge in [0.2, 0.25) is 11.8 Å². The van der Waals surface area contributed by atoms with Gasteiger partial charge in [-0.3, -0.25) is 29.3 Å². The third kappa shape index (κ3) is 3.63. The molecule has 0 spiro atoms. The number of hydrogen-bond acceptors (Lipinski definition) is 6. The van der Waals surface area contributed by atoms with Gasteiger partial charge in [0.05, 0.1) is 17.0 Å². The number of hydrogen-bond donors (Lipinski definition) is 2. The van der Waals surface area contributed by atoms with Crippen molar-refractivity contribution in [3.8, 4) is 0 Å². The Balaban J connectivity index is 1.78. The van der Waals surface area contributed by atoms with Crippen molar-refractivity contribution in [2.24, 2.45) is 11.8 Å². The molecule has 28 heavy (non-hydrogen) atoms. The van der Waals surface area contributed by atoms with Crippen molar-refractivity contribution in [1.29, 1.82) is 0 Å². The molecule has 1 aromatic carbocycles. The molecule has 0 radical (unpaired) electrons. The van der Waals surface area contributed by atoms with Crippen LogP contribution < -0.4 is 5.48 Å². The average Bonchev–Trinajstić information content (AvgIpc) is 2.95. The maximum absolute atomic E-state index is 12.9. The number of nitrogens with zero attached hydrogens (tertiary/aromatic N) is 3. The number of hydroxylamine groups is 1. The van der Waals surface area contributed by atoms with E-state index in [1.807, 2.05) is 7.05 Å². The smallest absolute Gasteiger partial charge is 0.261 e. The van der Waals surface area contributed by atoms with Crippen molar-refractivity contribution in [1.82, 2.24) is 20.2 Å². The summed E-state index contributed by atoms with van der Waals surface area (Å²) < 4.78 is 0.